The van der Waals surface area contributed by atoms with E-state index in [4.69, 9.17) is 4.74 Å². The summed E-state index contributed by atoms with van der Waals surface area (Å²) in [6, 6.07) is 5.05. The van der Waals surface area contributed by atoms with E-state index in [1.807, 2.05) is 12.1 Å². The Morgan fingerprint density at radius 3 is 2.79 bits per heavy atom. The quantitative estimate of drug-likeness (QED) is 0.355. The summed E-state index contributed by atoms with van der Waals surface area (Å²) < 4.78 is 19.3. The number of hydrogen-bond acceptors (Lipinski definition) is 5. The lowest BCUT2D eigenvalue weighted by Crippen LogP contribution is -2.52. The number of hydrogen-bond donors (Lipinski definition) is 2. The average molecular weight is 458 g/mol. The Bertz CT molecular complexity index is 934. The molecule has 178 valence electrons. The van der Waals surface area contributed by atoms with E-state index in [0.29, 0.717) is 43.7 Å². The van der Waals surface area contributed by atoms with E-state index in [2.05, 4.69) is 17.2 Å². The second-order valence-corrected chi connectivity index (χ2v) is 9.19. The summed E-state index contributed by atoms with van der Waals surface area (Å²) in [7, 11) is 0. The molecule has 8 heteroatoms. The van der Waals surface area contributed by atoms with Gasteiger partial charge >= 0.3 is 0 Å². The summed E-state index contributed by atoms with van der Waals surface area (Å²) in [6.45, 7) is 4.36. The number of nitrogens with zero attached hydrogens (tertiary/aromatic N) is 1. The number of halogens is 1. The molecular formula is C25H32FN3O4. The number of carbonyl (C=O) groups is 3. The minimum Gasteiger partial charge on any atom is -0.489 e. The Balaban J connectivity index is 1.41. The van der Waals surface area contributed by atoms with Crippen LogP contribution in [0.4, 0.5) is 4.39 Å². The Hall–Kier alpha value is -2.74. The molecule has 3 amide bonds. The van der Waals surface area contributed by atoms with Gasteiger partial charge in [-0.3, -0.25) is 19.7 Å². The fourth-order valence-electron chi connectivity index (χ4n) is 5.01. The highest BCUT2D eigenvalue weighted by molar-refractivity contribution is 6.05. The molecule has 1 saturated carbocycles. The Morgan fingerprint density at radius 1 is 1.18 bits per heavy atom. The first-order chi connectivity index (χ1) is 15.9. The standard InChI is InChI=1S/C25H32FN3O4/c1-16(26)6-5-13-27-20-7-3-2-4-8-22(20)33-18-9-10-19-17(14-18)15-29(25(19)32)21-11-12-23(30)28-24(21)31/h9-10,14,20-22,27H,1-8,11-13,15H2,(H,28,30,31)/t20-,21?,22-/m0/s1. The molecular weight excluding hydrogens is 425 g/mol. The molecule has 0 spiro atoms. The molecule has 1 saturated heterocycles. The molecule has 2 aliphatic heterocycles. The topological polar surface area (TPSA) is 87.7 Å². The third-order valence-corrected chi connectivity index (χ3v) is 6.77. The lowest BCUT2D eigenvalue weighted by molar-refractivity contribution is -0.136. The SMILES string of the molecule is C=C(F)CCCN[C@H]1CCCCC[C@@H]1Oc1ccc2c(c1)CN(C1CCC(=O)NC1=O)C2=O. The van der Waals surface area contributed by atoms with Gasteiger partial charge < -0.3 is 15.0 Å². The highest BCUT2D eigenvalue weighted by atomic mass is 19.1. The number of benzene rings is 1. The molecule has 2 N–H and O–H groups in total. The van der Waals surface area contributed by atoms with Crippen molar-refractivity contribution in [1.82, 2.24) is 15.5 Å². The first-order valence-corrected chi connectivity index (χ1v) is 11.9. The zero-order chi connectivity index (χ0) is 23.4. The smallest absolute Gasteiger partial charge is 0.255 e. The van der Waals surface area contributed by atoms with Crippen LogP contribution in [0.25, 0.3) is 0 Å². The van der Waals surface area contributed by atoms with Crippen molar-refractivity contribution in [3.8, 4) is 5.75 Å². The number of amides is 3. The fraction of sp³-hybridized carbons (Fsp3) is 0.560. The normalized spacial score (nSPS) is 25.4. The van der Waals surface area contributed by atoms with Crippen molar-refractivity contribution in [2.45, 2.75) is 82.5 Å². The van der Waals surface area contributed by atoms with Gasteiger partial charge in [0, 0.05) is 24.6 Å². The maximum Gasteiger partial charge on any atom is 0.255 e. The third-order valence-electron chi connectivity index (χ3n) is 6.77. The van der Waals surface area contributed by atoms with Crippen LogP contribution >= 0.6 is 0 Å². The summed E-state index contributed by atoms with van der Waals surface area (Å²) in [5.74, 6) is -0.466. The predicted octanol–water partition coefficient (Wildman–Crippen LogP) is 3.38. The zero-order valence-corrected chi connectivity index (χ0v) is 18.9. The molecule has 3 atom stereocenters. The van der Waals surface area contributed by atoms with E-state index in [-0.39, 0.29) is 36.2 Å². The van der Waals surface area contributed by atoms with E-state index in [9.17, 15) is 18.8 Å². The van der Waals surface area contributed by atoms with Gasteiger partial charge in [0.1, 0.15) is 17.9 Å². The van der Waals surface area contributed by atoms with E-state index in [0.717, 1.165) is 31.2 Å². The number of rotatable bonds is 8. The monoisotopic (exact) mass is 457 g/mol. The zero-order valence-electron chi connectivity index (χ0n) is 18.9. The molecule has 1 unspecified atom stereocenters. The lowest BCUT2D eigenvalue weighted by atomic mass is 10.0. The maximum atomic E-state index is 12.9. The predicted molar refractivity (Wildman–Crippen MR) is 121 cm³/mol. The maximum absolute atomic E-state index is 12.9. The molecule has 1 aliphatic carbocycles. The van der Waals surface area contributed by atoms with Gasteiger partial charge in [0.25, 0.3) is 5.91 Å². The summed E-state index contributed by atoms with van der Waals surface area (Å²) in [5, 5.41) is 5.87. The van der Waals surface area contributed by atoms with E-state index >= 15 is 0 Å². The van der Waals surface area contributed by atoms with Crippen molar-refractivity contribution in [2.24, 2.45) is 0 Å². The second-order valence-electron chi connectivity index (χ2n) is 9.19. The number of carbonyl (C=O) groups excluding carboxylic acids is 3. The molecule has 0 bridgehead atoms. The van der Waals surface area contributed by atoms with Gasteiger partial charge in [-0.25, -0.2) is 4.39 Å². The number of nitrogens with one attached hydrogen (secondary N) is 2. The molecule has 33 heavy (non-hydrogen) atoms. The van der Waals surface area contributed by atoms with E-state index in [1.165, 1.54) is 6.42 Å². The molecule has 4 rings (SSSR count). The number of allylic oxidation sites excluding steroid dienone is 1. The summed E-state index contributed by atoms with van der Waals surface area (Å²) in [6.07, 6.45) is 6.99. The lowest BCUT2D eigenvalue weighted by Gasteiger charge is -2.29. The minimum absolute atomic E-state index is 0.00229. The molecule has 0 aromatic heterocycles. The molecule has 2 fully saturated rings. The van der Waals surface area contributed by atoms with Gasteiger partial charge in [-0.15, -0.1) is 0 Å². The average Bonchev–Trinajstić information content (AvgIpc) is 2.94. The number of imide groups is 1. The second kappa shape index (κ2) is 10.5. The van der Waals surface area contributed by atoms with Crippen molar-refractivity contribution < 1.29 is 23.5 Å². The summed E-state index contributed by atoms with van der Waals surface area (Å²) in [5.41, 5.74) is 1.41. The van der Waals surface area contributed by atoms with Gasteiger partial charge in [-0.2, -0.15) is 0 Å². The van der Waals surface area contributed by atoms with Crippen molar-refractivity contribution in [2.75, 3.05) is 6.54 Å². The number of fused-ring (bicyclic) bond motifs is 1. The van der Waals surface area contributed by atoms with Crippen molar-refractivity contribution in [3.05, 3.63) is 41.7 Å². The van der Waals surface area contributed by atoms with Crippen LogP contribution in [0.15, 0.2) is 30.6 Å². The van der Waals surface area contributed by atoms with Crippen LogP contribution < -0.4 is 15.4 Å². The van der Waals surface area contributed by atoms with Crippen LogP contribution in [0.1, 0.15) is 73.7 Å². The van der Waals surface area contributed by atoms with Crippen LogP contribution in [0, 0.1) is 0 Å². The molecule has 1 aromatic rings. The molecule has 0 radical (unpaired) electrons. The van der Waals surface area contributed by atoms with Gasteiger partial charge in [0.15, 0.2) is 0 Å². The molecule has 2 heterocycles. The third kappa shape index (κ3) is 5.61. The van der Waals surface area contributed by atoms with Crippen LogP contribution in [-0.4, -0.2) is 47.4 Å². The van der Waals surface area contributed by atoms with Crippen LogP contribution in [0.5, 0.6) is 5.75 Å². The largest absolute Gasteiger partial charge is 0.489 e. The van der Waals surface area contributed by atoms with E-state index < -0.39 is 11.9 Å². The van der Waals surface area contributed by atoms with Gasteiger partial charge in [-0.1, -0.05) is 19.4 Å². The van der Waals surface area contributed by atoms with Crippen molar-refractivity contribution >= 4 is 17.7 Å². The van der Waals surface area contributed by atoms with E-state index in [1.54, 1.807) is 11.0 Å². The van der Waals surface area contributed by atoms with Crippen LogP contribution in [0.3, 0.4) is 0 Å². The fourth-order valence-corrected chi connectivity index (χ4v) is 5.01. The minimum atomic E-state index is -0.622. The summed E-state index contributed by atoms with van der Waals surface area (Å²) >= 11 is 0. The Morgan fingerprint density at radius 2 is 2.00 bits per heavy atom. The Labute approximate surface area is 193 Å². The van der Waals surface area contributed by atoms with Gasteiger partial charge in [0.2, 0.25) is 11.8 Å². The van der Waals surface area contributed by atoms with Gasteiger partial charge in [-0.05, 0) is 68.8 Å². The van der Waals surface area contributed by atoms with Crippen molar-refractivity contribution in [3.63, 3.8) is 0 Å². The molecule has 7 nitrogen and oxygen atoms in total. The molecule has 1 aromatic carbocycles. The number of ether oxygens (including phenoxy) is 1. The first kappa shape index (κ1) is 23.4. The highest BCUT2D eigenvalue weighted by Crippen LogP contribution is 2.31. The highest BCUT2D eigenvalue weighted by Gasteiger charge is 2.39. The Kier molecular flexibility index (Phi) is 7.42. The van der Waals surface area contributed by atoms with Gasteiger partial charge in [0.05, 0.1) is 5.83 Å². The van der Waals surface area contributed by atoms with Crippen LogP contribution in [0.2, 0.25) is 0 Å². The van der Waals surface area contributed by atoms with Crippen LogP contribution in [-0.2, 0) is 16.1 Å². The van der Waals surface area contributed by atoms with Crippen molar-refractivity contribution in [1.29, 1.82) is 0 Å². The first-order valence-electron chi connectivity index (χ1n) is 11.9. The summed E-state index contributed by atoms with van der Waals surface area (Å²) in [4.78, 5) is 38.1. The molecule has 3 aliphatic rings. The number of piperidine rings is 1.